The molecule has 3 atom stereocenters. The van der Waals surface area contributed by atoms with Crippen molar-refractivity contribution >= 4 is 87.0 Å². The van der Waals surface area contributed by atoms with E-state index < -0.39 is 23.6 Å². The number of para-hydroxylation sites is 2. The summed E-state index contributed by atoms with van der Waals surface area (Å²) in [5, 5.41) is 23.5. The summed E-state index contributed by atoms with van der Waals surface area (Å²) in [6, 6.07) is 20.1. The second-order valence-electron chi connectivity index (χ2n) is 19.6. The van der Waals surface area contributed by atoms with E-state index >= 15 is 0 Å². The molecule has 5 aromatic rings. The number of likely N-dealkylation sites (tertiary alicyclic amines) is 1. The molecule has 72 heavy (non-hydrogen) atoms. The summed E-state index contributed by atoms with van der Waals surface area (Å²) in [6.45, 7) is 13.0. The van der Waals surface area contributed by atoms with E-state index in [4.69, 9.17) is 16.3 Å². The van der Waals surface area contributed by atoms with Crippen LogP contribution in [0.25, 0.3) is 10.4 Å². The number of piperazine rings is 1. The molecular formula is C51H65ClN12O6S2. The van der Waals surface area contributed by atoms with Crippen LogP contribution in [0.1, 0.15) is 51.3 Å². The number of rotatable bonds is 17. The topological polar surface area (TPSA) is 201 Å². The lowest BCUT2D eigenvalue weighted by molar-refractivity contribution is -0.144. The zero-order valence-corrected chi connectivity index (χ0v) is 44.1. The van der Waals surface area contributed by atoms with Crippen LogP contribution in [-0.4, -0.2) is 147 Å². The van der Waals surface area contributed by atoms with Gasteiger partial charge in [-0.15, -0.1) is 11.3 Å². The number of aliphatic hydroxyl groups is 1. The average Bonchev–Trinajstić information content (AvgIpc) is 4.00. The van der Waals surface area contributed by atoms with E-state index in [9.17, 15) is 23.7 Å². The molecule has 0 radical (unpaired) electrons. The first-order chi connectivity index (χ1) is 34.6. The van der Waals surface area contributed by atoms with E-state index in [1.54, 1.807) is 29.8 Å². The fourth-order valence-electron chi connectivity index (χ4n) is 9.61. The maximum atomic E-state index is 14.2. The average molecular weight is 1040 g/mol. The van der Waals surface area contributed by atoms with Crippen LogP contribution in [0.15, 0.2) is 78.4 Å². The number of aliphatic hydroxyl groups excluding tert-OH is 1. The number of anilines is 6. The largest absolute Gasteiger partial charge is 0.494 e. The number of amides is 3. The predicted octanol–water partition coefficient (Wildman–Crippen LogP) is 5.75. The lowest BCUT2D eigenvalue weighted by atomic mass is 9.85. The van der Waals surface area contributed by atoms with Crippen LogP contribution >= 0.6 is 22.9 Å². The van der Waals surface area contributed by atoms with Crippen molar-refractivity contribution in [3.05, 3.63) is 94.7 Å². The minimum atomic E-state index is -0.894. The number of benzene rings is 3. The molecule has 5 heterocycles. The molecule has 2 aromatic heterocycles. The molecule has 3 fully saturated rings. The standard InChI is InChI=1S/C51H65ClN12O6S2/c1-32-45(71-31-55-32)34-13-11-33(12-14-34)27-53-48(67)42-26-37(65)29-64(42)49(68)46(51(2,3)4)58-44(66)30-61-21-23-63(24-22-61)35-17-19-62(20-18-35)36-15-16-40(43(25-36)70-6)57-50-54-28-38(52)47(59-50)56-39-9-7-8-10-41(39)60(5)72-69/h7-16,25,28,31,35,37,42,46,65,72H,17-24,26-27,29-30H2,1-6H3,(H,53,67)(H,58,66)(H2,54,56,57,59)/t37-,42-,46-/m1/s1. The molecule has 21 heteroatoms. The van der Waals surface area contributed by atoms with Gasteiger partial charge in [-0.3, -0.25) is 28.5 Å². The van der Waals surface area contributed by atoms with Gasteiger partial charge in [-0.2, -0.15) is 4.98 Å². The molecule has 0 spiro atoms. The van der Waals surface area contributed by atoms with Crippen molar-refractivity contribution < 1.29 is 28.4 Å². The molecule has 5 N–H and O–H groups in total. The van der Waals surface area contributed by atoms with Crippen LogP contribution in [0, 0.1) is 12.3 Å². The van der Waals surface area contributed by atoms with Crippen LogP contribution in [-0.2, 0) is 32.8 Å². The molecule has 8 rings (SSSR count). The Hall–Kier alpha value is -5.90. The highest BCUT2D eigenvalue weighted by Gasteiger charge is 2.44. The molecular weight excluding hydrogens is 976 g/mol. The molecule has 384 valence electrons. The van der Waals surface area contributed by atoms with Crippen molar-refractivity contribution in [1.82, 2.24) is 40.3 Å². The quantitative estimate of drug-likeness (QED) is 0.0616. The monoisotopic (exact) mass is 1040 g/mol. The van der Waals surface area contributed by atoms with Gasteiger partial charge in [0.05, 0.1) is 59.1 Å². The lowest BCUT2D eigenvalue weighted by Gasteiger charge is -2.43. The number of carbonyl (C=O) groups is 3. The molecule has 0 unspecified atom stereocenters. The number of ether oxygens (including phenoxy) is 1. The molecule has 0 aliphatic carbocycles. The van der Waals surface area contributed by atoms with Crippen LogP contribution < -0.4 is 35.2 Å². The second-order valence-corrected chi connectivity index (χ2v) is 21.6. The van der Waals surface area contributed by atoms with Crippen LogP contribution in [0.5, 0.6) is 5.75 Å². The zero-order chi connectivity index (χ0) is 51.1. The Morgan fingerprint density at radius 1 is 0.972 bits per heavy atom. The highest BCUT2D eigenvalue weighted by Crippen LogP contribution is 2.36. The lowest BCUT2D eigenvalue weighted by Crippen LogP contribution is -2.59. The van der Waals surface area contributed by atoms with Crippen molar-refractivity contribution in [3.8, 4) is 16.2 Å². The van der Waals surface area contributed by atoms with E-state index in [-0.39, 0.29) is 55.6 Å². The van der Waals surface area contributed by atoms with Gasteiger partial charge in [-0.25, -0.2) is 14.2 Å². The van der Waals surface area contributed by atoms with Gasteiger partial charge in [0.15, 0.2) is 5.82 Å². The maximum absolute atomic E-state index is 14.2. The van der Waals surface area contributed by atoms with Gasteiger partial charge in [-0.1, -0.05) is 68.8 Å². The fourth-order valence-corrected chi connectivity index (χ4v) is 10.8. The van der Waals surface area contributed by atoms with E-state index in [2.05, 4.69) is 57.0 Å². The molecule has 3 aromatic carbocycles. The Balaban J connectivity index is 0.795. The molecule has 3 aliphatic rings. The van der Waals surface area contributed by atoms with Crippen molar-refractivity contribution in [2.75, 3.05) is 86.4 Å². The van der Waals surface area contributed by atoms with E-state index in [1.165, 1.54) is 11.1 Å². The third-order valence-corrected chi connectivity index (χ3v) is 15.4. The Morgan fingerprint density at radius 2 is 1.71 bits per heavy atom. The van der Waals surface area contributed by atoms with E-state index in [0.29, 0.717) is 45.6 Å². The minimum Gasteiger partial charge on any atom is -0.494 e. The predicted molar refractivity (Wildman–Crippen MR) is 286 cm³/mol. The fraction of sp³-hybridized carbons (Fsp3) is 0.451. The smallest absolute Gasteiger partial charge is 0.246 e. The molecule has 3 saturated heterocycles. The zero-order valence-electron chi connectivity index (χ0n) is 41.6. The highest BCUT2D eigenvalue weighted by molar-refractivity contribution is 7.67. The summed E-state index contributed by atoms with van der Waals surface area (Å²) in [5.74, 6) is 0.384. The number of hydrogen-bond acceptors (Lipinski definition) is 15. The van der Waals surface area contributed by atoms with Gasteiger partial charge >= 0.3 is 0 Å². The van der Waals surface area contributed by atoms with Crippen molar-refractivity contribution in [2.45, 2.75) is 77.7 Å². The molecule has 3 aliphatic heterocycles. The number of thiol groups is 1. The van der Waals surface area contributed by atoms with Gasteiger partial charge in [0.1, 0.15) is 34.7 Å². The number of thiazole rings is 1. The summed E-state index contributed by atoms with van der Waals surface area (Å²) in [5.41, 5.74) is 7.25. The number of aromatic nitrogens is 3. The number of aryl methyl sites for hydroxylation is 1. The number of hydrogen-bond donors (Lipinski definition) is 6. The number of nitrogens with zero attached hydrogens (tertiary/aromatic N) is 8. The molecule has 3 amide bonds. The maximum Gasteiger partial charge on any atom is 0.246 e. The Bertz CT molecular complexity index is 2710. The SMILES string of the molecule is COc1cc(N2CCC(N3CCN(CC(=O)N[C@H](C(=O)N4C[C@H](O)C[C@@H]4C(=O)NCc4ccc(-c5scnc5C)cc4)C(C)(C)C)CC3)CC2)ccc1Nc1ncc(Cl)c(Nc2ccccc2N(C)[SH]=O)n1. The van der Waals surface area contributed by atoms with Gasteiger partial charge in [-0.05, 0) is 60.6 Å². The number of carbonyl (C=O) groups excluding carboxylic acids is 3. The normalized spacial score (nSPS) is 18.4. The van der Waals surface area contributed by atoms with Gasteiger partial charge in [0.25, 0.3) is 0 Å². The summed E-state index contributed by atoms with van der Waals surface area (Å²) in [7, 11) is 3.35. The van der Waals surface area contributed by atoms with Gasteiger partial charge < -0.3 is 40.9 Å². The van der Waals surface area contributed by atoms with E-state index in [1.807, 2.05) is 93.9 Å². The van der Waals surface area contributed by atoms with Crippen molar-refractivity contribution in [2.24, 2.45) is 5.41 Å². The Kier molecular flexibility index (Phi) is 17.0. The Morgan fingerprint density at radius 3 is 2.39 bits per heavy atom. The van der Waals surface area contributed by atoms with E-state index in [0.717, 1.165) is 79.5 Å². The van der Waals surface area contributed by atoms with Gasteiger partial charge in [0, 0.05) is 83.6 Å². The molecule has 0 bridgehead atoms. The molecule has 0 saturated carbocycles. The van der Waals surface area contributed by atoms with Crippen molar-refractivity contribution in [3.63, 3.8) is 0 Å². The second kappa shape index (κ2) is 23.3. The minimum absolute atomic E-state index is 0.0175. The number of piperidine rings is 1. The first kappa shape index (κ1) is 52.4. The summed E-state index contributed by atoms with van der Waals surface area (Å²) in [6.07, 6.45) is 2.77. The van der Waals surface area contributed by atoms with Crippen LogP contribution in [0.3, 0.4) is 0 Å². The van der Waals surface area contributed by atoms with Crippen LogP contribution in [0.4, 0.5) is 34.5 Å². The van der Waals surface area contributed by atoms with Crippen LogP contribution in [0.2, 0.25) is 5.02 Å². The number of methoxy groups -OCH3 is 1. The third-order valence-electron chi connectivity index (χ3n) is 13.6. The number of halogens is 1. The first-order valence-corrected chi connectivity index (χ1v) is 26.3. The summed E-state index contributed by atoms with van der Waals surface area (Å²) < 4.78 is 19.0. The van der Waals surface area contributed by atoms with Gasteiger partial charge in [0.2, 0.25) is 23.7 Å². The Labute approximate surface area is 434 Å². The molecule has 18 nitrogen and oxygen atoms in total. The highest BCUT2D eigenvalue weighted by atomic mass is 35.5. The number of nitrogens with one attached hydrogen (secondary N) is 4. The first-order valence-electron chi connectivity index (χ1n) is 24.3. The number of β-amino-alcohol motifs (C(OH)–C–C–N with tert-alkyl or cyclic N) is 1. The summed E-state index contributed by atoms with van der Waals surface area (Å²) >= 11 is 7.92. The third kappa shape index (κ3) is 12.6. The van der Waals surface area contributed by atoms with Crippen molar-refractivity contribution in [1.29, 1.82) is 0 Å². The summed E-state index contributed by atoms with van der Waals surface area (Å²) in [4.78, 5) is 64.4.